The molecule has 4 nitrogen and oxygen atoms in total. The lowest BCUT2D eigenvalue weighted by Crippen LogP contribution is -2.34. The van der Waals surface area contributed by atoms with E-state index in [1.165, 1.54) is 4.72 Å². The van der Waals surface area contributed by atoms with Crippen LogP contribution in [0.5, 0.6) is 0 Å². The SMILES string of the molecule is Nc1ccc(F)c(S(=O)(=O)NCC(F)(F)F)c1. The van der Waals surface area contributed by atoms with Crippen molar-refractivity contribution in [1.29, 1.82) is 0 Å². The first-order valence-electron chi connectivity index (χ1n) is 4.23. The van der Waals surface area contributed by atoms with E-state index >= 15 is 0 Å². The second-order valence-corrected chi connectivity index (χ2v) is 4.86. The molecule has 17 heavy (non-hydrogen) atoms. The smallest absolute Gasteiger partial charge is 0.399 e. The lowest BCUT2D eigenvalue weighted by molar-refractivity contribution is -0.121. The first-order valence-corrected chi connectivity index (χ1v) is 5.71. The first-order chi connectivity index (χ1) is 7.62. The Bertz CT molecular complexity index is 513. The summed E-state index contributed by atoms with van der Waals surface area (Å²) >= 11 is 0. The lowest BCUT2D eigenvalue weighted by atomic mass is 10.3. The van der Waals surface area contributed by atoms with E-state index in [-0.39, 0.29) is 5.69 Å². The molecule has 0 unspecified atom stereocenters. The van der Waals surface area contributed by atoms with Gasteiger partial charge in [0.15, 0.2) is 0 Å². The molecule has 3 N–H and O–H groups in total. The first kappa shape index (κ1) is 13.7. The fourth-order valence-electron chi connectivity index (χ4n) is 0.980. The molecule has 0 spiro atoms. The number of sulfonamides is 1. The molecule has 0 atom stereocenters. The van der Waals surface area contributed by atoms with Gasteiger partial charge in [0.25, 0.3) is 0 Å². The Morgan fingerprint density at radius 2 is 1.88 bits per heavy atom. The molecule has 96 valence electrons. The van der Waals surface area contributed by atoms with Gasteiger partial charge in [-0.1, -0.05) is 0 Å². The minimum atomic E-state index is -4.72. The molecule has 0 radical (unpaired) electrons. The number of anilines is 1. The number of halogens is 4. The maximum Gasteiger partial charge on any atom is 0.402 e. The molecule has 0 aromatic heterocycles. The second kappa shape index (κ2) is 4.49. The Morgan fingerprint density at radius 3 is 2.41 bits per heavy atom. The summed E-state index contributed by atoms with van der Waals surface area (Å²) in [7, 11) is -4.57. The average Bonchev–Trinajstić information content (AvgIpc) is 2.18. The van der Waals surface area contributed by atoms with Crippen molar-refractivity contribution in [3.8, 4) is 0 Å². The number of hydrogen-bond donors (Lipinski definition) is 2. The Balaban J connectivity index is 3.02. The van der Waals surface area contributed by atoms with Crippen LogP contribution in [0.4, 0.5) is 23.2 Å². The number of nitrogens with two attached hydrogens (primary N) is 1. The van der Waals surface area contributed by atoms with E-state index in [0.29, 0.717) is 0 Å². The highest BCUT2D eigenvalue weighted by atomic mass is 32.2. The molecule has 0 saturated carbocycles. The molecule has 0 bridgehead atoms. The van der Waals surface area contributed by atoms with Gasteiger partial charge in [-0.3, -0.25) is 0 Å². The van der Waals surface area contributed by atoms with Crippen LogP contribution in [-0.2, 0) is 10.0 Å². The zero-order valence-corrected chi connectivity index (χ0v) is 9.07. The van der Waals surface area contributed by atoms with Crippen molar-refractivity contribution in [3.05, 3.63) is 24.0 Å². The minimum absolute atomic E-state index is 0.0706. The third-order valence-corrected chi connectivity index (χ3v) is 3.12. The molecule has 0 aliphatic rings. The van der Waals surface area contributed by atoms with Crippen LogP contribution >= 0.6 is 0 Å². The molecule has 0 aliphatic heterocycles. The summed E-state index contributed by atoms with van der Waals surface area (Å²) in [5.74, 6) is -1.17. The van der Waals surface area contributed by atoms with E-state index in [9.17, 15) is 26.0 Å². The molecule has 0 aliphatic carbocycles. The van der Waals surface area contributed by atoms with Gasteiger partial charge in [0.2, 0.25) is 10.0 Å². The van der Waals surface area contributed by atoms with Crippen LogP contribution in [0.15, 0.2) is 23.1 Å². The van der Waals surface area contributed by atoms with Gasteiger partial charge in [0.05, 0.1) is 0 Å². The van der Waals surface area contributed by atoms with Crippen LogP contribution in [0, 0.1) is 5.82 Å². The van der Waals surface area contributed by atoms with Crippen LogP contribution in [0.3, 0.4) is 0 Å². The van der Waals surface area contributed by atoms with E-state index in [0.717, 1.165) is 18.2 Å². The lowest BCUT2D eigenvalue weighted by Gasteiger charge is -2.10. The monoisotopic (exact) mass is 272 g/mol. The molecule has 0 saturated heterocycles. The highest BCUT2D eigenvalue weighted by molar-refractivity contribution is 7.89. The topological polar surface area (TPSA) is 72.2 Å². The number of alkyl halides is 3. The van der Waals surface area contributed by atoms with Crippen molar-refractivity contribution in [2.45, 2.75) is 11.1 Å². The summed E-state index contributed by atoms with van der Waals surface area (Å²) in [5.41, 5.74) is 5.15. The molecule has 1 aromatic rings. The predicted octanol–water partition coefficient (Wildman–Crippen LogP) is 1.25. The zero-order chi connectivity index (χ0) is 13.3. The van der Waals surface area contributed by atoms with Gasteiger partial charge in [0, 0.05) is 5.69 Å². The third kappa shape index (κ3) is 3.86. The number of benzene rings is 1. The van der Waals surface area contributed by atoms with Gasteiger partial charge in [-0.15, -0.1) is 0 Å². The van der Waals surface area contributed by atoms with Crippen molar-refractivity contribution in [2.24, 2.45) is 0 Å². The molecule has 9 heteroatoms. The van der Waals surface area contributed by atoms with E-state index in [4.69, 9.17) is 5.73 Å². The standard InChI is InChI=1S/C8H8F4N2O2S/c9-6-2-1-5(13)3-7(6)17(15,16)14-4-8(10,11)12/h1-3,14H,4,13H2. The molecular formula is C8H8F4N2O2S. The van der Waals surface area contributed by atoms with Crippen LogP contribution in [0.2, 0.25) is 0 Å². The number of rotatable bonds is 3. The molecule has 1 rings (SSSR count). The van der Waals surface area contributed by atoms with E-state index < -0.39 is 33.5 Å². The van der Waals surface area contributed by atoms with Crippen LogP contribution in [0.1, 0.15) is 0 Å². The summed E-state index contributed by atoms with van der Waals surface area (Å²) in [4.78, 5) is -0.915. The van der Waals surface area contributed by atoms with E-state index in [2.05, 4.69) is 0 Å². The normalized spacial score (nSPS) is 12.7. The van der Waals surface area contributed by atoms with Crippen LogP contribution in [-0.4, -0.2) is 21.1 Å². The molecule has 0 fully saturated rings. The Labute approximate surface area is 94.5 Å². The van der Waals surface area contributed by atoms with Gasteiger partial charge in [-0.05, 0) is 18.2 Å². The molecule has 0 amide bonds. The third-order valence-electron chi connectivity index (χ3n) is 1.71. The van der Waals surface area contributed by atoms with Crippen LogP contribution < -0.4 is 10.5 Å². The minimum Gasteiger partial charge on any atom is -0.399 e. The van der Waals surface area contributed by atoms with Crippen molar-refractivity contribution < 1.29 is 26.0 Å². The largest absolute Gasteiger partial charge is 0.402 e. The summed E-state index contributed by atoms with van der Waals surface area (Å²) < 4.78 is 72.6. The number of nitrogens with one attached hydrogen (secondary N) is 1. The van der Waals surface area contributed by atoms with E-state index in [1.54, 1.807) is 0 Å². The van der Waals surface area contributed by atoms with Crippen molar-refractivity contribution >= 4 is 15.7 Å². The van der Waals surface area contributed by atoms with E-state index in [1.807, 2.05) is 0 Å². The highest BCUT2D eigenvalue weighted by Gasteiger charge is 2.31. The fourth-order valence-corrected chi connectivity index (χ4v) is 2.11. The summed E-state index contributed by atoms with van der Waals surface area (Å²) in [6.45, 7) is -1.77. The number of nitrogen functional groups attached to an aromatic ring is 1. The second-order valence-electron chi connectivity index (χ2n) is 3.13. The van der Waals surface area contributed by atoms with Gasteiger partial charge in [-0.2, -0.15) is 13.2 Å². The molecule has 0 heterocycles. The molecular weight excluding hydrogens is 264 g/mol. The molecule has 1 aromatic carbocycles. The summed E-state index contributed by atoms with van der Waals surface area (Å²) in [5, 5.41) is 0. The number of hydrogen-bond acceptors (Lipinski definition) is 3. The van der Waals surface area contributed by atoms with Gasteiger partial charge < -0.3 is 5.73 Å². The zero-order valence-electron chi connectivity index (χ0n) is 8.25. The maximum atomic E-state index is 13.1. The van der Waals surface area contributed by atoms with Crippen molar-refractivity contribution in [1.82, 2.24) is 4.72 Å². The quantitative estimate of drug-likeness (QED) is 0.642. The Kier molecular flexibility index (Phi) is 3.62. The average molecular weight is 272 g/mol. The van der Waals surface area contributed by atoms with Crippen molar-refractivity contribution in [3.63, 3.8) is 0 Å². The maximum absolute atomic E-state index is 13.1. The van der Waals surface area contributed by atoms with Crippen LogP contribution in [0.25, 0.3) is 0 Å². The van der Waals surface area contributed by atoms with Crippen molar-refractivity contribution in [2.75, 3.05) is 12.3 Å². The Hall–Kier alpha value is -1.35. The Morgan fingerprint density at radius 1 is 1.29 bits per heavy atom. The predicted molar refractivity (Wildman–Crippen MR) is 52.1 cm³/mol. The van der Waals surface area contributed by atoms with Gasteiger partial charge >= 0.3 is 6.18 Å². The summed E-state index contributed by atoms with van der Waals surface area (Å²) in [6, 6.07) is 2.60. The van der Waals surface area contributed by atoms with Gasteiger partial charge in [0.1, 0.15) is 17.3 Å². The fraction of sp³-hybridized carbons (Fsp3) is 0.250. The summed E-state index contributed by atoms with van der Waals surface area (Å²) in [6.07, 6.45) is -4.72. The van der Waals surface area contributed by atoms with Gasteiger partial charge in [-0.25, -0.2) is 17.5 Å². The highest BCUT2D eigenvalue weighted by Crippen LogP contribution is 2.19.